The zero-order valence-electron chi connectivity index (χ0n) is 14.2. The lowest BCUT2D eigenvalue weighted by atomic mass is 9.83. The number of rotatable bonds is 2. The minimum atomic E-state index is -0.387. The number of carbonyl (C=O) groups excluding carboxylic acids is 1. The number of carbonyl (C=O) groups is 1. The third-order valence-electron chi connectivity index (χ3n) is 4.77. The molecule has 122 valence electrons. The van der Waals surface area contributed by atoms with Crippen LogP contribution in [0.2, 0.25) is 0 Å². The quantitative estimate of drug-likeness (QED) is 0.783. The maximum atomic E-state index is 12.0. The summed E-state index contributed by atoms with van der Waals surface area (Å²) in [5, 5.41) is 0. The van der Waals surface area contributed by atoms with E-state index in [0.717, 1.165) is 37.8 Å². The van der Waals surface area contributed by atoms with Gasteiger partial charge in [0.15, 0.2) is 0 Å². The van der Waals surface area contributed by atoms with Gasteiger partial charge in [0, 0.05) is 13.1 Å². The smallest absolute Gasteiger partial charge is 0.410 e. The topological polar surface area (TPSA) is 32.8 Å². The number of nitrogens with zero attached hydrogens (tertiary/aromatic N) is 2. The fourth-order valence-corrected chi connectivity index (χ4v) is 3.45. The molecule has 0 aromatic heterocycles. The van der Waals surface area contributed by atoms with Gasteiger partial charge in [0.05, 0.1) is 0 Å². The molecule has 0 N–H and O–H groups in total. The van der Waals surface area contributed by atoms with Gasteiger partial charge in [-0.25, -0.2) is 4.79 Å². The average molecular weight is 296 g/mol. The molecule has 2 aliphatic rings. The first kappa shape index (κ1) is 16.6. The molecule has 4 heteroatoms. The molecule has 0 aromatic rings. The Hall–Kier alpha value is -0.770. The lowest BCUT2D eigenvalue weighted by molar-refractivity contribution is 0.0171. The minimum Gasteiger partial charge on any atom is -0.444 e. The molecule has 0 aromatic carbocycles. The van der Waals surface area contributed by atoms with Gasteiger partial charge in [-0.1, -0.05) is 0 Å². The van der Waals surface area contributed by atoms with Crippen molar-refractivity contribution in [2.75, 3.05) is 33.2 Å². The second-order valence-corrected chi connectivity index (χ2v) is 7.89. The molecule has 0 bridgehead atoms. The van der Waals surface area contributed by atoms with E-state index in [1.54, 1.807) is 0 Å². The summed E-state index contributed by atoms with van der Waals surface area (Å²) in [5.74, 6) is 1.70. The highest BCUT2D eigenvalue weighted by Crippen LogP contribution is 2.30. The summed E-state index contributed by atoms with van der Waals surface area (Å²) in [6, 6.07) is 0. The molecule has 0 aliphatic carbocycles. The zero-order chi connectivity index (χ0) is 15.5. The summed E-state index contributed by atoms with van der Waals surface area (Å²) in [7, 11) is 2.22. The molecule has 0 saturated carbocycles. The van der Waals surface area contributed by atoms with E-state index in [0.29, 0.717) is 0 Å². The molecule has 21 heavy (non-hydrogen) atoms. The monoisotopic (exact) mass is 296 g/mol. The molecular weight excluding hydrogens is 264 g/mol. The van der Waals surface area contributed by atoms with Gasteiger partial charge in [-0.3, -0.25) is 0 Å². The second-order valence-electron chi connectivity index (χ2n) is 7.89. The van der Waals surface area contributed by atoms with Crippen LogP contribution < -0.4 is 0 Å². The summed E-state index contributed by atoms with van der Waals surface area (Å²) in [6.45, 7) is 10.0. The summed E-state index contributed by atoms with van der Waals surface area (Å²) >= 11 is 0. The maximum absolute atomic E-state index is 12.0. The Morgan fingerprint density at radius 1 is 1.00 bits per heavy atom. The number of amides is 1. The van der Waals surface area contributed by atoms with Gasteiger partial charge in [0.1, 0.15) is 5.60 Å². The van der Waals surface area contributed by atoms with Gasteiger partial charge in [0.25, 0.3) is 0 Å². The second kappa shape index (κ2) is 6.99. The lowest BCUT2D eigenvalue weighted by Crippen LogP contribution is -2.42. The van der Waals surface area contributed by atoms with Gasteiger partial charge < -0.3 is 14.5 Å². The molecule has 2 rings (SSSR count). The Kier molecular flexibility index (Phi) is 5.53. The highest BCUT2D eigenvalue weighted by molar-refractivity contribution is 5.68. The Labute approximate surface area is 129 Å². The first-order valence-electron chi connectivity index (χ1n) is 8.50. The number of hydrogen-bond donors (Lipinski definition) is 0. The van der Waals surface area contributed by atoms with E-state index >= 15 is 0 Å². The molecule has 0 unspecified atom stereocenters. The minimum absolute atomic E-state index is 0.139. The van der Waals surface area contributed by atoms with E-state index in [1.165, 1.54) is 32.4 Å². The van der Waals surface area contributed by atoms with Gasteiger partial charge in [0.2, 0.25) is 0 Å². The van der Waals surface area contributed by atoms with E-state index in [1.807, 2.05) is 25.7 Å². The van der Waals surface area contributed by atoms with E-state index < -0.39 is 0 Å². The van der Waals surface area contributed by atoms with E-state index in [9.17, 15) is 4.79 Å². The number of ether oxygens (including phenoxy) is 1. The van der Waals surface area contributed by atoms with Crippen LogP contribution >= 0.6 is 0 Å². The van der Waals surface area contributed by atoms with Crippen LogP contribution in [0, 0.1) is 11.8 Å². The average Bonchev–Trinajstić information content (AvgIpc) is 2.40. The highest BCUT2D eigenvalue weighted by Gasteiger charge is 2.28. The molecule has 2 fully saturated rings. The number of likely N-dealkylation sites (tertiary alicyclic amines) is 2. The molecule has 1 amide bonds. The summed E-state index contributed by atoms with van der Waals surface area (Å²) in [5.41, 5.74) is -0.387. The first-order valence-corrected chi connectivity index (χ1v) is 8.50. The Morgan fingerprint density at radius 3 is 1.95 bits per heavy atom. The van der Waals surface area contributed by atoms with Crippen LogP contribution in [-0.4, -0.2) is 54.7 Å². The van der Waals surface area contributed by atoms with Crippen molar-refractivity contribution >= 4 is 6.09 Å². The van der Waals surface area contributed by atoms with Gasteiger partial charge >= 0.3 is 6.09 Å². The Morgan fingerprint density at radius 2 is 1.48 bits per heavy atom. The van der Waals surface area contributed by atoms with Crippen molar-refractivity contribution in [3.63, 3.8) is 0 Å². The van der Waals surface area contributed by atoms with Gasteiger partial charge in [-0.05, 0) is 84.8 Å². The Bertz CT molecular complexity index is 335. The standard InChI is InChI=1S/C17H32N2O2/c1-17(2,3)21-16(20)19-11-7-15(8-12-19)13-14-5-9-18(4)10-6-14/h14-15H,5-13H2,1-4H3. The van der Waals surface area contributed by atoms with Crippen molar-refractivity contribution in [1.29, 1.82) is 0 Å². The van der Waals surface area contributed by atoms with E-state index in [2.05, 4.69) is 11.9 Å². The zero-order valence-corrected chi connectivity index (χ0v) is 14.2. The summed E-state index contributed by atoms with van der Waals surface area (Å²) in [6.07, 6.45) is 6.21. The summed E-state index contributed by atoms with van der Waals surface area (Å²) in [4.78, 5) is 16.4. The SMILES string of the molecule is CN1CCC(CC2CCN(C(=O)OC(C)(C)C)CC2)CC1. The van der Waals surface area contributed by atoms with Crippen molar-refractivity contribution in [2.45, 2.75) is 58.5 Å². The lowest BCUT2D eigenvalue weighted by Gasteiger charge is -2.36. The van der Waals surface area contributed by atoms with Crippen molar-refractivity contribution in [2.24, 2.45) is 11.8 Å². The van der Waals surface area contributed by atoms with Crippen LogP contribution in [0.15, 0.2) is 0 Å². The van der Waals surface area contributed by atoms with Crippen LogP contribution in [0.25, 0.3) is 0 Å². The largest absolute Gasteiger partial charge is 0.444 e. The predicted molar refractivity (Wildman–Crippen MR) is 85.4 cm³/mol. The van der Waals surface area contributed by atoms with Crippen LogP contribution in [0.4, 0.5) is 4.79 Å². The van der Waals surface area contributed by atoms with Crippen molar-refractivity contribution in [3.05, 3.63) is 0 Å². The first-order chi connectivity index (χ1) is 9.83. The third-order valence-corrected chi connectivity index (χ3v) is 4.77. The van der Waals surface area contributed by atoms with Crippen molar-refractivity contribution in [1.82, 2.24) is 9.80 Å². The maximum Gasteiger partial charge on any atom is 0.410 e. The molecule has 0 spiro atoms. The third kappa shape index (κ3) is 5.50. The van der Waals surface area contributed by atoms with E-state index in [4.69, 9.17) is 4.74 Å². The van der Waals surface area contributed by atoms with Gasteiger partial charge in [-0.2, -0.15) is 0 Å². The highest BCUT2D eigenvalue weighted by atomic mass is 16.6. The fourth-order valence-electron chi connectivity index (χ4n) is 3.45. The van der Waals surface area contributed by atoms with Crippen LogP contribution in [-0.2, 0) is 4.74 Å². The van der Waals surface area contributed by atoms with Crippen molar-refractivity contribution in [3.8, 4) is 0 Å². The number of piperidine rings is 2. The fraction of sp³-hybridized carbons (Fsp3) is 0.941. The molecular formula is C17H32N2O2. The molecule has 2 heterocycles. The summed E-state index contributed by atoms with van der Waals surface area (Å²) < 4.78 is 5.46. The van der Waals surface area contributed by atoms with Crippen LogP contribution in [0.1, 0.15) is 52.9 Å². The molecule has 0 radical (unpaired) electrons. The van der Waals surface area contributed by atoms with Crippen LogP contribution in [0.3, 0.4) is 0 Å². The Balaban J connectivity index is 1.69. The molecule has 2 saturated heterocycles. The van der Waals surface area contributed by atoms with Crippen molar-refractivity contribution < 1.29 is 9.53 Å². The van der Waals surface area contributed by atoms with Crippen LogP contribution in [0.5, 0.6) is 0 Å². The molecule has 4 nitrogen and oxygen atoms in total. The predicted octanol–water partition coefficient (Wildman–Crippen LogP) is 3.37. The number of hydrogen-bond acceptors (Lipinski definition) is 3. The molecule has 2 aliphatic heterocycles. The molecule has 0 atom stereocenters. The van der Waals surface area contributed by atoms with Gasteiger partial charge in [-0.15, -0.1) is 0 Å². The normalized spacial score (nSPS) is 23.3. The van der Waals surface area contributed by atoms with E-state index in [-0.39, 0.29) is 11.7 Å².